The van der Waals surface area contributed by atoms with Crippen molar-refractivity contribution in [2.45, 2.75) is 70.2 Å². The molecule has 1 aliphatic rings. The van der Waals surface area contributed by atoms with E-state index in [0.29, 0.717) is 18.4 Å². The fourth-order valence-corrected chi connectivity index (χ4v) is 3.19. The van der Waals surface area contributed by atoms with Crippen molar-refractivity contribution < 1.29 is 22.7 Å². The van der Waals surface area contributed by atoms with Gasteiger partial charge in [0.15, 0.2) is 0 Å². The van der Waals surface area contributed by atoms with Crippen LogP contribution in [0.2, 0.25) is 0 Å². The van der Waals surface area contributed by atoms with Crippen LogP contribution in [0.25, 0.3) is 0 Å². The molecular weight excluding hydrogens is 319 g/mol. The van der Waals surface area contributed by atoms with Gasteiger partial charge in [-0.1, -0.05) is 24.6 Å². The molecule has 6 heteroatoms. The second kappa shape index (κ2) is 7.03. The number of ether oxygens (including phenoxy) is 1. The highest BCUT2D eigenvalue weighted by Crippen LogP contribution is 2.40. The van der Waals surface area contributed by atoms with Gasteiger partial charge in [0, 0.05) is 6.04 Å². The third kappa shape index (κ3) is 5.14. The Kier molecular flexibility index (Phi) is 5.45. The Hall–Kier alpha value is -1.72. The normalized spacial score (nSPS) is 22.1. The lowest BCUT2D eigenvalue weighted by molar-refractivity contribution is -0.138. The lowest BCUT2D eigenvalue weighted by Crippen LogP contribution is -2.41. The van der Waals surface area contributed by atoms with E-state index in [0.717, 1.165) is 18.9 Å². The summed E-state index contributed by atoms with van der Waals surface area (Å²) in [6.07, 6.45) is -2.16. The molecule has 0 radical (unpaired) electrons. The summed E-state index contributed by atoms with van der Waals surface area (Å²) < 4.78 is 44.8. The van der Waals surface area contributed by atoms with E-state index >= 15 is 0 Å². The van der Waals surface area contributed by atoms with E-state index in [1.54, 1.807) is 32.9 Å². The van der Waals surface area contributed by atoms with Gasteiger partial charge in [0.1, 0.15) is 5.60 Å². The van der Waals surface area contributed by atoms with Gasteiger partial charge in [-0.3, -0.25) is 0 Å². The smallest absolute Gasteiger partial charge is 0.416 e. The SMILES string of the molecule is CC(C)(C)OC(=O)NC1CCCC(c2ccccc2C(F)(F)F)C1. The molecule has 2 rings (SSSR count). The van der Waals surface area contributed by atoms with Gasteiger partial charge in [0.25, 0.3) is 0 Å². The summed E-state index contributed by atoms with van der Waals surface area (Å²) in [5.41, 5.74) is -0.852. The molecule has 1 aliphatic carbocycles. The third-order valence-electron chi connectivity index (χ3n) is 4.10. The maximum atomic E-state index is 13.2. The number of alkyl halides is 3. The topological polar surface area (TPSA) is 38.3 Å². The van der Waals surface area contributed by atoms with Gasteiger partial charge in [-0.15, -0.1) is 0 Å². The molecule has 0 aromatic heterocycles. The van der Waals surface area contributed by atoms with Crippen molar-refractivity contribution in [3.8, 4) is 0 Å². The van der Waals surface area contributed by atoms with Crippen molar-refractivity contribution in [3.63, 3.8) is 0 Å². The molecule has 1 saturated carbocycles. The molecule has 1 aromatic rings. The predicted molar refractivity (Wildman–Crippen MR) is 85.8 cm³/mol. The summed E-state index contributed by atoms with van der Waals surface area (Å²) in [7, 11) is 0. The van der Waals surface area contributed by atoms with Crippen LogP contribution in [0, 0.1) is 0 Å². The second-order valence-electron chi connectivity index (χ2n) is 7.29. The minimum absolute atomic E-state index is 0.167. The van der Waals surface area contributed by atoms with Crippen LogP contribution in [-0.2, 0) is 10.9 Å². The molecule has 0 heterocycles. The zero-order valence-corrected chi connectivity index (χ0v) is 14.2. The van der Waals surface area contributed by atoms with Crippen molar-refractivity contribution in [1.29, 1.82) is 0 Å². The molecule has 1 N–H and O–H groups in total. The van der Waals surface area contributed by atoms with Crippen LogP contribution in [0.1, 0.15) is 63.5 Å². The van der Waals surface area contributed by atoms with Crippen LogP contribution in [0.15, 0.2) is 24.3 Å². The minimum Gasteiger partial charge on any atom is -0.444 e. The summed E-state index contributed by atoms with van der Waals surface area (Å²) >= 11 is 0. The number of hydrogen-bond donors (Lipinski definition) is 1. The number of nitrogens with one attached hydrogen (secondary N) is 1. The monoisotopic (exact) mass is 343 g/mol. The van der Waals surface area contributed by atoms with E-state index in [1.165, 1.54) is 6.07 Å². The lowest BCUT2D eigenvalue weighted by atomic mass is 9.79. The molecule has 0 saturated heterocycles. The van der Waals surface area contributed by atoms with Gasteiger partial charge in [-0.25, -0.2) is 4.79 Å². The Morgan fingerprint density at radius 1 is 1.17 bits per heavy atom. The number of carbonyl (C=O) groups is 1. The third-order valence-corrected chi connectivity index (χ3v) is 4.10. The molecule has 2 unspecified atom stereocenters. The summed E-state index contributed by atoms with van der Waals surface area (Å²) in [5.74, 6) is -0.212. The maximum Gasteiger partial charge on any atom is 0.416 e. The molecule has 24 heavy (non-hydrogen) atoms. The molecule has 0 spiro atoms. The molecule has 0 bridgehead atoms. The molecular formula is C18H24F3NO2. The fourth-order valence-electron chi connectivity index (χ4n) is 3.19. The largest absolute Gasteiger partial charge is 0.444 e. The van der Waals surface area contributed by atoms with E-state index < -0.39 is 23.4 Å². The van der Waals surface area contributed by atoms with Gasteiger partial charge >= 0.3 is 12.3 Å². The number of hydrogen-bond acceptors (Lipinski definition) is 2. The number of carbonyl (C=O) groups excluding carboxylic acids is 1. The molecule has 1 amide bonds. The van der Waals surface area contributed by atoms with Crippen LogP contribution < -0.4 is 5.32 Å². The quantitative estimate of drug-likeness (QED) is 0.796. The Balaban J connectivity index is 2.08. The zero-order valence-electron chi connectivity index (χ0n) is 14.2. The van der Waals surface area contributed by atoms with E-state index in [2.05, 4.69) is 5.32 Å². The van der Waals surface area contributed by atoms with E-state index in [9.17, 15) is 18.0 Å². The number of rotatable bonds is 2. The standard InChI is InChI=1S/C18H24F3NO2/c1-17(2,3)24-16(23)22-13-8-6-7-12(11-13)14-9-4-5-10-15(14)18(19,20)21/h4-5,9-10,12-13H,6-8,11H2,1-3H3,(H,22,23). The van der Waals surface area contributed by atoms with Crippen molar-refractivity contribution >= 4 is 6.09 Å². The van der Waals surface area contributed by atoms with Crippen LogP contribution in [0.5, 0.6) is 0 Å². The predicted octanol–water partition coefficient (Wildman–Crippen LogP) is 5.26. The summed E-state index contributed by atoms with van der Waals surface area (Å²) in [6, 6.07) is 5.55. The number of benzene rings is 1. The highest BCUT2D eigenvalue weighted by atomic mass is 19.4. The lowest BCUT2D eigenvalue weighted by Gasteiger charge is -2.32. The zero-order chi connectivity index (χ0) is 18.0. The Morgan fingerprint density at radius 3 is 2.46 bits per heavy atom. The van der Waals surface area contributed by atoms with Crippen LogP contribution in [-0.4, -0.2) is 17.7 Å². The molecule has 134 valence electrons. The highest BCUT2D eigenvalue weighted by molar-refractivity contribution is 5.68. The second-order valence-corrected chi connectivity index (χ2v) is 7.29. The maximum absolute atomic E-state index is 13.2. The van der Waals surface area contributed by atoms with Gasteiger partial charge in [-0.05, 0) is 57.6 Å². The van der Waals surface area contributed by atoms with Gasteiger partial charge in [0.2, 0.25) is 0 Å². The number of alkyl carbamates (subject to hydrolysis) is 1. The first-order valence-corrected chi connectivity index (χ1v) is 8.22. The molecule has 1 aromatic carbocycles. The van der Waals surface area contributed by atoms with Gasteiger partial charge in [-0.2, -0.15) is 13.2 Å². The van der Waals surface area contributed by atoms with Crippen LogP contribution in [0.4, 0.5) is 18.0 Å². The van der Waals surface area contributed by atoms with E-state index in [-0.39, 0.29) is 12.0 Å². The van der Waals surface area contributed by atoms with Crippen LogP contribution in [0.3, 0.4) is 0 Å². The Labute approximate surface area is 140 Å². The van der Waals surface area contributed by atoms with Crippen molar-refractivity contribution in [1.82, 2.24) is 5.32 Å². The van der Waals surface area contributed by atoms with Crippen molar-refractivity contribution in [3.05, 3.63) is 35.4 Å². The molecule has 1 fully saturated rings. The van der Waals surface area contributed by atoms with E-state index in [1.807, 2.05) is 0 Å². The minimum atomic E-state index is -4.36. The number of halogens is 3. The first-order valence-electron chi connectivity index (χ1n) is 8.22. The van der Waals surface area contributed by atoms with Gasteiger partial charge < -0.3 is 10.1 Å². The van der Waals surface area contributed by atoms with Crippen molar-refractivity contribution in [2.24, 2.45) is 0 Å². The fraction of sp³-hybridized carbons (Fsp3) is 0.611. The first-order chi connectivity index (χ1) is 11.1. The number of amides is 1. The molecule has 2 atom stereocenters. The Morgan fingerprint density at radius 2 is 1.83 bits per heavy atom. The molecule has 3 nitrogen and oxygen atoms in total. The van der Waals surface area contributed by atoms with Crippen molar-refractivity contribution in [2.75, 3.05) is 0 Å². The van der Waals surface area contributed by atoms with E-state index in [4.69, 9.17) is 4.74 Å². The molecule has 0 aliphatic heterocycles. The van der Waals surface area contributed by atoms with Gasteiger partial charge in [0.05, 0.1) is 5.56 Å². The van der Waals surface area contributed by atoms with Crippen LogP contribution >= 0.6 is 0 Å². The summed E-state index contributed by atoms with van der Waals surface area (Å²) in [5, 5.41) is 2.79. The first kappa shape index (κ1) is 18.6. The average molecular weight is 343 g/mol. The Bertz CT molecular complexity index is 578. The average Bonchev–Trinajstić information content (AvgIpc) is 2.44. The summed E-state index contributed by atoms with van der Waals surface area (Å²) in [4.78, 5) is 11.9. The summed E-state index contributed by atoms with van der Waals surface area (Å²) in [6.45, 7) is 5.32. The highest BCUT2D eigenvalue weighted by Gasteiger charge is 2.36.